The summed E-state index contributed by atoms with van der Waals surface area (Å²) >= 11 is 6.13. The average Bonchev–Trinajstić information content (AvgIpc) is 2.89. The van der Waals surface area contributed by atoms with E-state index in [1.807, 2.05) is 13.8 Å². The molecule has 0 aliphatic heterocycles. The molecule has 0 amide bonds. The molecule has 2 heterocycles. The van der Waals surface area contributed by atoms with Crippen LogP contribution in [0, 0.1) is 6.92 Å². The predicted molar refractivity (Wildman–Crippen MR) is 79.0 cm³/mol. The Morgan fingerprint density at radius 3 is 2.75 bits per heavy atom. The molecule has 0 fully saturated rings. The maximum absolute atomic E-state index is 6.13. The van der Waals surface area contributed by atoms with Crippen molar-refractivity contribution in [3.63, 3.8) is 0 Å². The third-order valence-corrected chi connectivity index (χ3v) is 3.33. The van der Waals surface area contributed by atoms with Crippen LogP contribution in [0.1, 0.15) is 43.3 Å². The maximum Gasteiger partial charge on any atom is 0.213 e. The number of oxazole rings is 1. The Balaban J connectivity index is 2.11. The lowest BCUT2D eigenvalue weighted by Crippen LogP contribution is -2.07. The summed E-state index contributed by atoms with van der Waals surface area (Å²) in [5.74, 6) is 3.02. The number of hydrogen-bond donors (Lipinski definition) is 1. The maximum atomic E-state index is 6.13. The molecule has 0 saturated heterocycles. The van der Waals surface area contributed by atoms with Crippen molar-refractivity contribution in [2.24, 2.45) is 0 Å². The quantitative estimate of drug-likeness (QED) is 0.825. The summed E-state index contributed by atoms with van der Waals surface area (Å²) in [7, 11) is 0. The number of hydrogen-bond acceptors (Lipinski definition) is 5. The number of anilines is 1. The number of halogens is 1. The summed E-state index contributed by atoms with van der Waals surface area (Å²) in [6, 6.07) is 0. The second-order valence-electron chi connectivity index (χ2n) is 4.58. The van der Waals surface area contributed by atoms with Gasteiger partial charge >= 0.3 is 0 Å². The molecule has 0 unspecified atom stereocenters. The van der Waals surface area contributed by atoms with Crippen molar-refractivity contribution in [2.75, 3.05) is 5.32 Å². The third kappa shape index (κ3) is 3.48. The summed E-state index contributed by atoms with van der Waals surface area (Å²) in [5, 5.41) is 3.71. The standard InChI is InChI=1S/C14H19ClN4O/c1-4-6-11-18-13(15)9(3)14(19-11)17-8-12-16-7-10(5-2)20-12/h7H,4-6,8H2,1-3H3,(H,17,18,19). The van der Waals surface area contributed by atoms with Crippen LogP contribution in [-0.2, 0) is 19.4 Å². The molecule has 6 heteroatoms. The van der Waals surface area contributed by atoms with Gasteiger partial charge in [0.05, 0.1) is 12.7 Å². The van der Waals surface area contributed by atoms with Crippen molar-refractivity contribution < 1.29 is 4.42 Å². The van der Waals surface area contributed by atoms with Gasteiger partial charge in [-0.05, 0) is 13.3 Å². The van der Waals surface area contributed by atoms with Gasteiger partial charge in [0.1, 0.15) is 22.6 Å². The van der Waals surface area contributed by atoms with E-state index >= 15 is 0 Å². The molecule has 2 aromatic rings. The van der Waals surface area contributed by atoms with E-state index < -0.39 is 0 Å². The molecule has 0 aromatic carbocycles. The fraction of sp³-hybridized carbons (Fsp3) is 0.500. The van der Waals surface area contributed by atoms with E-state index in [0.29, 0.717) is 17.6 Å². The van der Waals surface area contributed by atoms with Gasteiger partial charge in [-0.2, -0.15) is 0 Å². The first-order valence-electron chi connectivity index (χ1n) is 6.84. The SMILES string of the molecule is CCCc1nc(Cl)c(C)c(NCc2ncc(CC)o2)n1. The molecule has 1 N–H and O–H groups in total. The first-order valence-corrected chi connectivity index (χ1v) is 7.22. The Bertz CT molecular complexity index is 583. The van der Waals surface area contributed by atoms with Gasteiger partial charge in [-0.3, -0.25) is 0 Å². The van der Waals surface area contributed by atoms with Crippen molar-refractivity contribution in [3.8, 4) is 0 Å². The molecular formula is C14H19ClN4O. The summed E-state index contributed by atoms with van der Waals surface area (Å²) in [6.45, 7) is 6.50. The van der Waals surface area contributed by atoms with Gasteiger partial charge in [0, 0.05) is 18.4 Å². The van der Waals surface area contributed by atoms with Crippen LogP contribution in [0.3, 0.4) is 0 Å². The fourth-order valence-corrected chi connectivity index (χ4v) is 1.98. The number of aromatic nitrogens is 3. The van der Waals surface area contributed by atoms with E-state index in [1.54, 1.807) is 6.20 Å². The minimum absolute atomic E-state index is 0.486. The molecule has 0 aliphatic rings. The Labute approximate surface area is 123 Å². The molecule has 0 spiro atoms. The lowest BCUT2D eigenvalue weighted by atomic mass is 10.3. The summed E-state index contributed by atoms with van der Waals surface area (Å²) in [5.41, 5.74) is 0.841. The lowest BCUT2D eigenvalue weighted by molar-refractivity contribution is 0.465. The zero-order valence-corrected chi connectivity index (χ0v) is 12.8. The van der Waals surface area contributed by atoms with Crippen molar-refractivity contribution in [1.82, 2.24) is 15.0 Å². The average molecular weight is 295 g/mol. The lowest BCUT2D eigenvalue weighted by Gasteiger charge is -2.09. The highest BCUT2D eigenvalue weighted by atomic mass is 35.5. The van der Waals surface area contributed by atoms with Gasteiger partial charge in [0.25, 0.3) is 0 Å². The highest BCUT2D eigenvalue weighted by Gasteiger charge is 2.10. The minimum atomic E-state index is 0.486. The van der Waals surface area contributed by atoms with Crippen molar-refractivity contribution in [3.05, 3.63) is 34.4 Å². The van der Waals surface area contributed by atoms with Crippen LogP contribution < -0.4 is 5.32 Å². The zero-order chi connectivity index (χ0) is 14.5. The zero-order valence-electron chi connectivity index (χ0n) is 12.0. The first-order chi connectivity index (χ1) is 9.63. The Morgan fingerprint density at radius 2 is 2.10 bits per heavy atom. The van der Waals surface area contributed by atoms with Crippen LogP contribution in [-0.4, -0.2) is 15.0 Å². The topological polar surface area (TPSA) is 63.8 Å². The van der Waals surface area contributed by atoms with Gasteiger partial charge < -0.3 is 9.73 Å². The summed E-state index contributed by atoms with van der Waals surface area (Å²) in [6.07, 6.45) is 4.39. The van der Waals surface area contributed by atoms with Gasteiger partial charge in [-0.25, -0.2) is 15.0 Å². The number of nitrogens with one attached hydrogen (secondary N) is 1. The third-order valence-electron chi connectivity index (χ3n) is 2.96. The van der Waals surface area contributed by atoms with E-state index in [4.69, 9.17) is 16.0 Å². The summed E-state index contributed by atoms with van der Waals surface area (Å²) < 4.78 is 5.55. The van der Waals surface area contributed by atoms with E-state index in [1.165, 1.54) is 0 Å². The van der Waals surface area contributed by atoms with Crippen LogP contribution in [0.25, 0.3) is 0 Å². The Morgan fingerprint density at radius 1 is 1.30 bits per heavy atom. The number of nitrogens with zero attached hydrogens (tertiary/aromatic N) is 3. The van der Waals surface area contributed by atoms with Crippen LogP contribution in [0.15, 0.2) is 10.6 Å². The molecule has 2 aromatic heterocycles. The molecule has 0 aliphatic carbocycles. The highest BCUT2D eigenvalue weighted by Crippen LogP contribution is 2.21. The van der Waals surface area contributed by atoms with Crippen molar-refractivity contribution in [1.29, 1.82) is 0 Å². The highest BCUT2D eigenvalue weighted by molar-refractivity contribution is 6.30. The molecule has 5 nitrogen and oxygen atoms in total. The van der Waals surface area contributed by atoms with Gasteiger partial charge in [-0.1, -0.05) is 25.4 Å². The molecule has 2 rings (SSSR count). The fourth-order valence-electron chi connectivity index (χ4n) is 1.79. The monoisotopic (exact) mass is 294 g/mol. The van der Waals surface area contributed by atoms with Crippen LogP contribution in [0.5, 0.6) is 0 Å². The molecule has 0 saturated carbocycles. The predicted octanol–water partition coefficient (Wildman–Crippen LogP) is 3.55. The van der Waals surface area contributed by atoms with Crippen LogP contribution in [0.4, 0.5) is 5.82 Å². The second kappa shape index (κ2) is 6.70. The van der Waals surface area contributed by atoms with E-state index in [0.717, 1.165) is 42.2 Å². The number of rotatable bonds is 6. The van der Waals surface area contributed by atoms with E-state index in [-0.39, 0.29) is 0 Å². The molecular weight excluding hydrogens is 276 g/mol. The van der Waals surface area contributed by atoms with Crippen LogP contribution in [0.2, 0.25) is 5.15 Å². The summed E-state index contributed by atoms with van der Waals surface area (Å²) in [4.78, 5) is 13.0. The van der Waals surface area contributed by atoms with Crippen molar-refractivity contribution >= 4 is 17.4 Å². The van der Waals surface area contributed by atoms with Gasteiger partial charge in [0.15, 0.2) is 0 Å². The van der Waals surface area contributed by atoms with Gasteiger partial charge in [-0.15, -0.1) is 0 Å². The van der Waals surface area contributed by atoms with E-state index in [9.17, 15) is 0 Å². The minimum Gasteiger partial charge on any atom is -0.444 e. The van der Waals surface area contributed by atoms with Crippen molar-refractivity contribution in [2.45, 2.75) is 46.6 Å². The van der Waals surface area contributed by atoms with Gasteiger partial charge in [0.2, 0.25) is 5.89 Å². The Kier molecular flexibility index (Phi) is 4.95. The largest absolute Gasteiger partial charge is 0.444 e. The second-order valence-corrected chi connectivity index (χ2v) is 4.94. The Hall–Kier alpha value is -1.62. The van der Waals surface area contributed by atoms with E-state index in [2.05, 4.69) is 27.2 Å². The molecule has 0 atom stereocenters. The first kappa shape index (κ1) is 14.8. The normalized spacial score (nSPS) is 10.8. The van der Waals surface area contributed by atoms with Crippen LogP contribution >= 0.6 is 11.6 Å². The smallest absolute Gasteiger partial charge is 0.213 e. The number of aryl methyl sites for hydroxylation is 2. The molecule has 0 radical (unpaired) electrons. The molecule has 108 valence electrons. The molecule has 0 bridgehead atoms. The molecule has 20 heavy (non-hydrogen) atoms.